The number of esters is 1. The number of H-pyrrole nitrogens is 2. The lowest BCUT2D eigenvalue weighted by Crippen LogP contribution is -2.05. The SMILES string of the molecule is COC(=O)c1ccc2c(C3CCCCC3)c(-c3cc4cc(OC)ccc4[nH]3)[nH]c2c1. The first-order chi connectivity index (χ1) is 14.7. The molecule has 0 atom stereocenters. The van der Waals surface area contributed by atoms with Crippen molar-refractivity contribution in [2.45, 2.75) is 38.0 Å². The minimum absolute atomic E-state index is 0.315. The zero-order chi connectivity index (χ0) is 20.7. The summed E-state index contributed by atoms with van der Waals surface area (Å²) >= 11 is 0. The van der Waals surface area contributed by atoms with Gasteiger partial charge >= 0.3 is 5.97 Å². The zero-order valence-electron chi connectivity index (χ0n) is 17.4. The van der Waals surface area contributed by atoms with Crippen LogP contribution in [0.15, 0.2) is 42.5 Å². The first-order valence-electron chi connectivity index (χ1n) is 10.6. The molecule has 0 bridgehead atoms. The fourth-order valence-corrected chi connectivity index (χ4v) is 4.86. The molecular formula is C25H26N2O3. The van der Waals surface area contributed by atoms with Crippen LogP contribution in [0.3, 0.4) is 0 Å². The van der Waals surface area contributed by atoms with E-state index in [4.69, 9.17) is 9.47 Å². The van der Waals surface area contributed by atoms with Crippen molar-refractivity contribution in [1.82, 2.24) is 9.97 Å². The van der Waals surface area contributed by atoms with E-state index < -0.39 is 0 Å². The monoisotopic (exact) mass is 402 g/mol. The number of aromatic amines is 2. The van der Waals surface area contributed by atoms with Crippen LogP contribution in [0.2, 0.25) is 0 Å². The van der Waals surface area contributed by atoms with Crippen molar-refractivity contribution in [1.29, 1.82) is 0 Å². The lowest BCUT2D eigenvalue weighted by atomic mass is 9.82. The standard InChI is InChI=1S/C25H26N2O3/c1-29-18-9-11-20-17(12-18)14-22(26-20)24-23(15-6-4-3-5-7-15)19-10-8-16(25(28)30-2)13-21(19)27-24/h8-15,26-27H,3-7H2,1-2H3. The van der Waals surface area contributed by atoms with Gasteiger partial charge in [0.25, 0.3) is 0 Å². The minimum atomic E-state index is -0.315. The minimum Gasteiger partial charge on any atom is -0.497 e. The van der Waals surface area contributed by atoms with Crippen LogP contribution in [0, 0.1) is 0 Å². The van der Waals surface area contributed by atoms with Crippen LogP contribution in [0.5, 0.6) is 5.75 Å². The number of benzene rings is 2. The average Bonchev–Trinajstić information content (AvgIpc) is 3.39. The van der Waals surface area contributed by atoms with Crippen molar-refractivity contribution >= 4 is 27.8 Å². The van der Waals surface area contributed by atoms with Gasteiger partial charge < -0.3 is 19.4 Å². The highest BCUT2D eigenvalue weighted by atomic mass is 16.5. The van der Waals surface area contributed by atoms with Crippen molar-refractivity contribution in [3.8, 4) is 17.1 Å². The lowest BCUT2D eigenvalue weighted by molar-refractivity contribution is 0.0601. The van der Waals surface area contributed by atoms with E-state index in [1.54, 1.807) is 7.11 Å². The van der Waals surface area contributed by atoms with Crippen molar-refractivity contribution in [2.24, 2.45) is 0 Å². The fourth-order valence-electron chi connectivity index (χ4n) is 4.86. The molecule has 0 amide bonds. The largest absolute Gasteiger partial charge is 0.497 e. The van der Waals surface area contributed by atoms with Gasteiger partial charge in [-0.2, -0.15) is 0 Å². The Morgan fingerprint density at radius 3 is 2.53 bits per heavy atom. The molecule has 1 saturated carbocycles. The Morgan fingerprint density at radius 2 is 1.77 bits per heavy atom. The smallest absolute Gasteiger partial charge is 0.337 e. The molecule has 0 aliphatic heterocycles. The zero-order valence-corrected chi connectivity index (χ0v) is 17.4. The number of nitrogens with one attached hydrogen (secondary N) is 2. The highest BCUT2D eigenvalue weighted by Crippen LogP contribution is 2.42. The maximum absolute atomic E-state index is 12.0. The van der Waals surface area contributed by atoms with E-state index in [0.717, 1.165) is 33.6 Å². The number of hydrogen-bond donors (Lipinski definition) is 2. The van der Waals surface area contributed by atoms with Gasteiger partial charge in [-0.1, -0.05) is 25.3 Å². The van der Waals surface area contributed by atoms with Gasteiger partial charge in [0.1, 0.15) is 5.75 Å². The topological polar surface area (TPSA) is 67.1 Å². The summed E-state index contributed by atoms with van der Waals surface area (Å²) < 4.78 is 10.3. The number of carbonyl (C=O) groups is 1. The molecule has 0 saturated heterocycles. The predicted molar refractivity (Wildman–Crippen MR) is 119 cm³/mol. The van der Waals surface area contributed by atoms with E-state index >= 15 is 0 Å². The van der Waals surface area contributed by atoms with Crippen LogP contribution in [-0.4, -0.2) is 30.2 Å². The fraction of sp³-hybridized carbons (Fsp3) is 0.320. The lowest BCUT2D eigenvalue weighted by Gasteiger charge is -2.22. The number of aromatic nitrogens is 2. The Hall–Kier alpha value is -3.21. The third-order valence-corrected chi connectivity index (χ3v) is 6.37. The predicted octanol–water partition coefficient (Wildman–Crippen LogP) is 6.16. The molecule has 30 heavy (non-hydrogen) atoms. The molecular weight excluding hydrogens is 376 g/mol. The Kier molecular flexibility index (Phi) is 4.74. The van der Waals surface area contributed by atoms with Crippen molar-refractivity contribution in [3.05, 3.63) is 53.6 Å². The molecule has 2 heterocycles. The molecule has 2 aromatic heterocycles. The first-order valence-corrected chi connectivity index (χ1v) is 10.6. The third kappa shape index (κ3) is 3.15. The number of methoxy groups -OCH3 is 2. The summed E-state index contributed by atoms with van der Waals surface area (Å²) in [5.41, 5.74) is 6.16. The van der Waals surface area contributed by atoms with Crippen molar-refractivity contribution in [2.75, 3.05) is 14.2 Å². The molecule has 0 spiro atoms. The van der Waals surface area contributed by atoms with E-state index in [0.29, 0.717) is 11.5 Å². The normalized spacial score (nSPS) is 15.0. The van der Waals surface area contributed by atoms with Gasteiger partial charge in [-0.25, -0.2) is 4.79 Å². The van der Waals surface area contributed by atoms with Gasteiger partial charge in [0.15, 0.2) is 0 Å². The Balaban J connectivity index is 1.70. The molecule has 154 valence electrons. The highest BCUT2D eigenvalue weighted by Gasteiger charge is 2.25. The Morgan fingerprint density at radius 1 is 0.933 bits per heavy atom. The second kappa shape index (κ2) is 7.56. The van der Waals surface area contributed by atoms with E-state index in [1.807, 2.05) is 24.3 Å². The highest BCUT2D eigenvalue weighted by molar-refractivity contribution is 5.99. The van der Waals surface area contributed by atoms with Crippen molar-refractivity contribution < 1.29 is 14.3 Å². The van der Waals surface area contributed by atoms with E-state index in [2.05, 4.69) is 28.2 Å². The molecule has 5 rings (SSSR count). The van der Waals surface area contributed by atoms with Crippen LogP contribution >= 0.6 is 0 Å². The van der Waals surface area contributed by atoms with Gasteiger partial charge in [-0.15, -0.1) is 0 Å². The Labute approximate surface area is 175 Å². The molecule has 5 nitrogen and oxygen atoms in total. The van der Waals surface area contributed by atoms with Gasteiger partial charge in [-0.05, 0) is 60.7 Å². The van der Waals surface area contributed by atoms with Crippen LogP contribution in [-0.2, 0) is 4.74 Å². The van der Waals surface area contributed by atoms with Gasteiger partial charge in [0, 0.05) is 21.8 Å². The summed E-state index contributed by atoms with van der Waals surface area (Å²) in [6.45, 7) is 0. The molecule has 0 radical (unpaired) electrons. The Bertz CT molecular complexity index is 1230. The second-order valence-corrected chi connectivity index (χ2v) is 8.14. The summed E-state index contributed by atoms with van der Waals surface area (Å²) in [5.74, 6) is 1.05. The van der Waals surface area contributed by atoms with E-state index in [1.165, 1.54) is 50.2 Å². The summed E-state index contributed by atoms with van der Waals surface area (Å²) in [4.78, 5) is 19.2. The molecule has 1 aliphatic rings. The van der Waals surface area contributed by atoms with Crippen LogP contribution in [0.4, 0.5) is 0 Å². The molecule has 2 N–H and O–H groups in total. The van der Waals surface area contributed by atoms with E-state index in [-0.39, 0.29) is 5.97 Å². The molecule has 1 aliphatic carbocycles. The summed E-state index contributed by atoms with van der Waals surface area (Å²) in [6.07, 6.45) is 6.24. The van der Waals surface area contributed by atoms with E-state index in [9.17, 15) is 4.79 Å². The van der Waals surface area contributed by atoms with Crippen LogP contribution in [0.25, 0.3) is 33.2 Å². The summed E-state index contributed by atoms with van der Waals surface area (Å²) in [6, 6.07) is 14.1. The van der Waals surface area contributed by atoms with Gasteiger partial charge in [0.2, 0.25) is 0 Å². The van der Waals surface area contributed by atoms with Gasteiger partial charge in [0.05, 0.1) is 31.2 Å². The number of ether oxygens (including phenoxy) is 2. The van der Waals surface area contributed by atoms with Gasteiger partial charge in [-0.3, -0.25) is 0 Å². The second-order valence-electron chi connectivity index (χ2n) is 8.14. The quantitative estimate of drug-likeness (QED) is 0.402. The third-order valence-electron chi connectivity index (χ3n) is 6.37. The molecule has 4 aromatic rings. The molecule has 2 aromatic carbocycles. The van der Waals surface area contributed by atoms with Crippen LogP contribution in [0.1, 0.15) is 53.9 Å². The van der Waals surface area contributed by atoms with Crippen molar-refractivity contribution in [3.63, 3.8) is 0 Å². The first kappa shape index (κ1) is 18.8. The maximum Gasteiger partial charge on any atom is 0.337 e. The molecule has 0 unspecified atom stereocenters. The number of fused-ring (bicyclic) bond motifs is 2. The molecule has 1 fully saturated rings. The molecule has 5 heteroatoms. The summed E-state index contributed by atoms with van der Waals surface area (Å²) in [7, 11) is 3.10. The average molecular weight is 402 g/mol. The number of hydrogen-bond acceptors (Lipinski definition) is 3. The maximum atomic E-state index is 12.0. The number of rotatable bonds is 4. The van der Waals surface area contributed by atoms with Crippen LogP contribution < -0.4 is 4.74 Å². The summed E-state index contributed by atoms with van der Waals surface area (Å²) in [5, 5.41) is 2.31. The number of carbonyl (C=O) groups excluding carboxylic acids is 1.